The topological polar surface area (TPSA) is 180 Å². The number of nitrogens with one attached hydrogen (secondary N) is 3. The third-order valence-corrected chi connectivity index (χ3v) is 10.4. The number of carbonyl (C=O) groups excluding carboxylic acids is 3. The Balaban J connectivity index is 1.17. The summed E-state index contributed by atoms with van der Waals surface area (Å²) < 4.78 is 2.08. The monoisotopic (exact) mass is 713 g/mol. The van der Waals surface area contributed by atoms with Crippen LogP contribution in [0.2, 0.25) is 0 Å². The Kier molecular flexibility index (Phi) is 9.51. The molecule has 7 rings (SSSR count). The maximum absolute atomic E-state index is 13.1. The fourth-order valence-corrected chi connectivity index (χ4v) is 7.05. The number of fused-ring (bicyclic) bond motifs is 3. The first kappa shape index (κ1) is 36.1. The summed E-state index contributed by atoms with van der Waals surface area (Å²) >= 11 is 0. The zero-order chi connectivity index (χ0) is 37.8. The number of hydrogen-bond donors (Lipinski definition) is 5. The highest BCUT2D eigenvalue weighted by molar-refractivity contribution is 6.39. The van der Waals surface area contributed by atoms with Gasteiger partial charge in [-0.05, 0) is 55.6 Å². The Morgan fingerprint density at radius 3 is 2.42 bits per heavy atom. The average Bonchev–Trinajstić information content (AvgIpc) is 4.05. The van der Waals surface area contributed by atoms with Gasteiger partial charge in [-0.15, -0.1) is 0 Å². The summed E-state index contributed by atoms with van der Waals surface area (Å²) in [5.74, 6) is -0.724. The summed E-state index contributed by atoms with van der Waals surface area (Å²) in [5.41, 5.74) is 18.3. The minimum Gasteiger partial charge on any atom is -0.393 e. The van der Waals surface area contributed by atoms with E-state index in [1.54, 1.807) is 32.3 Å². The fraction of sp³-hybridized carbons (Fsp3) is 0.432. The lowest BCUT2D eigenvalue weighted by molar-refractivity contribution is -0.121. The van der Waals surface area contributed by atoms with Crippen molar-refractivity contribution in [3.8, 4) is 11.1 Å². The van der Waals surface area contributed by atoms with Gasteiger partial charge in [0.2, 0.25) is 5.91 Å². The smallest absolute Gasteiger partial charge is 0.271 e. The second-order valence-corrected chi connectivity index (χ2v) is 14.7. The summed E-state index contributed by atoms with van der Waals surface area (Å²) in [6, 6.07) is 11.1. The van der Waals surface area contributed by atoms with Crippen LogP contribution in [-0.2, 0) is 14.9 Å². The van der Waals surface area contributed by atoms with E-state index in [1.165, 1.54) is 11.0 Å². The number of hydrogen-bond acceptors (Lipinski definition) is 10. The van der Waals surface area contributed by atoms with Crippen molar-refractivity contribution in [2.24, 2.45) is 17.4 Å². The van der Waals surface area contributed by atoms with Crippen molar-refractivity contribution in [1.29, 1.82) is 0 Å². The third-order valence-electron chi connectivity index (χ3n) is 10.4. The van der Waals surface area contributed by atoms with Gasteiger partial charge in [-0.25, -0.2) is 4.98 Å². The lowest BCUT2D eigenvalue weighted by atomic mass is 9.57. The van der Waals surface area contributed by atoms with Gasteiger partial charge in [-0.3, -0.25) is 19.1 Å². The second kappa shape index (κ2) is 14.0. The molecule has 2 saturated carbocycles. The van der Waals surface area contributed by atoms with Gasteiger partial charge in [0, 0.05) is 69.1 Å². The molecule has 3 aromatic rings. The van der Waals surface area contributed by atoms with E-state index in [1.807, 2.05) is 36.3 Å². The number of allylic oxidation sites excluding steroid dienone is 1. The molecule has 4 radical (unpaired) electrons. The van der Waals surface area contributed by atoms with Crippen LogP contribution in [0.15, 0.2) is 65.9 Å². The van der Waals surface area contributed by atoms with E-state index in [9.17, 15) is 14.4 Å². The summed E-state index contributed by atoms with van der Waals surface area (Å²) in [6.45, 7) is 3.20. The number of nitrogens with two attached hydrogens (primary N) is 2. The van der Waals surface area contributed by atoms with Crippen LogP contribution in [0.4, 0.5) is 11.4 Å². The maximum Gasteiger partial charge on any atom is 0.271 e. The Bertz CT molecular complexity index is 2010. The zero-order valence-corrected chi connectivity index (χ0v) is 30.6. The third kappa shape index (κ3) is 6.99. The van der Waals surface area contributed by atoms with E-state index < -0.39 is 11.2 Å². The molecule has 4 heterocycles. The van der Waals surface area contributed by atoms with Crippen LogP contribution in [0.1, 0.15) is 73.0 Å². The molecule has 272 valence electrons. The van der Waals surface area contributed by atoms with Crippen LogP contribution in [0.5, 0.6) is 0 Å². The van der Waals surface area contributed by atoms with Gasteiger partial charge in [-0.1, -0.05) is 25.1 Å². The van der Waals surface area contributed by atoms with Crippen molar-refractivity contribution in [1.82, 2.24) is 35.2 Å². The molecular formula is C37H45B2N11O3. The summed E-state index contributed by atoms with van der Waals surface area (Å²) in [4.78, 5) is 48.3. The summed E-state index contributed by atoms with van der Waals surface area (Å²) in [7, 11) is 18.7. The normalized spacial score (nSPS) is 19.4. The first-order valence-corrected chi connectivity index (χ1v) is 18.1. The lowest BCUT2D eigenvalue weighted by Gasteiger charge is -2.50. The van der Waals surface area contributed by atoms with E-state index in [0.29, 0.717) is 24.5 Å². The molecule has 1 atom stereocenters. The average molecular weight is 713 g/mol. The molecule has 1 aromatic carbocycles. The van der Waals surface area contributed by atoms with Crippen molar-refractivity contribution in [2.75, 3.05) is 44.4 Å². The van der Waals surface area contributed by atoms with Gasteiger partial charge in [0.15, 0.2) is 0 Å². The molecule has 16 heteroatoms. The first-order chi connectivity index (χ1) is 25.3. The highest BCUT2D eigenvalue weighted by Crippen LogP contribution is 2.50. The number of carbonyl (C=O) groups is 3. The van der Waals surface area contributed by atoms with E-state index in [0.717, 1.165) is 54.6 Å². The molecule has 14 nitrogen and oxygen atoms in total. The van der Waals surface area contributed by atoms with Gasteiger partial charge >= 0.3 is 0 Å². The molecule has 3 amide bonds. The Hall–Kier alpha value is -5.24. The molecule has 4 aliphatic rings. The molecule has 1 saturated heterocycles. The molecule has 7 N–H and O–H groups in total. The van der Waals surface area contributed by atoms with Crippen molar-refractivity contribution < 1.29 is 14.4 Å². The minimum absolute atomic E-state index is 0.000369. The molecule has 2 aromatic heterocycles. The van der Waals surface area contributed by atoms with Gasteiger partial charge in [0.25, 0.3) is 11.8 Å². The molecular weight excluding hydrogens is 668 g/mol. The Labute approximate surface area is 312 Å². The van der Waals surface area contributed by atoms with Crippen molar-refractivity contribution in [2.45, 2.75) is 62.5 Å². The number of benzene rings is 1. The highest BCUT2D eigenvalue weighted by Gasteiger charge is 2.43. The number of anilines is 2. The quantitative estimate of drug-likeness (QED) is 0.106. The Morgan fingerprint density at radius 2 is 1.75 bits per heavy atom. The molecule has 0 bridgehead atoms. The van der Waals surface area contributed by atoms with Crippen LogP contribution in [0.3, 0.4) is 0 Å². The van der Waals surface area contributed by atoms with Crippen LogP contribution in [0.25, 0.3) is 11.1 Å². The van der Waals surface area contributed by atoms with Crippen LogP contribution >= 0.6 is 0 Å². The zero-order valence-electron chi connectivity index (χ0n) is 30.6. The predicted octanol–water partition coefficient (Wildman–Crippen LogP) is 1.74. The number of nitrogens with zero attached hydrogens (tertiary/aromatic N) is 6. The number of amides is 3. The number of likely N-dealkylation sites (tertiary alicyclic amines) is 1. The molecule has 53 heavy (non-hydrogen) atoms. The number of pyridine rings is 1. The largest absolute Gasteiger partial charge is 0.393 e. The minimum atomic E-state index is -1.39. The Morgan fingerprint density at radius 1 is 1.04 bits per heavy atom. The molecule has 2 aliphatic carbocycles. The molecule has 3 fully saturated rings. The lowest BCUT2D eigenvalue weighted by Crippen LogP contribution is -2.60. The molecule has 0 unspecified atom stereocenters. The van der Waals surface area contributed by atoms with Crippen LogP contribution < -0.4 is 32.3 Å². The predicted molar refractivity (Wildman–Crippen MR) is 204 cm³/mol. The van der Waals surface area contributed by atoms with Crippen LogP contribution in [-0.4, -0.2) is 98.3 Å². The van der Waals surface area contributed by atoms with E-state index in [2.05, 4.69) is 37.4 Å². The number of aromatic nitrogens is 3. The van der Waals surface area contributed by atoms with Crippen LogP contribution in [0, 0.1) is 5.92 Å². The molecule has 2 aliphatic heterocycles. The van der Waals surface area contributed by atoms with E-state index in [-0.39, 0.29) is 58.8 Å². The van der Waals surface area contributed by atoms with Gasteiger partial charge in [-0.2, -0.15) is 5.10 Å². The first-order valence-electron chi connectivity index (χ1n) is 18.1. The number of rotatable bonds is 12. The van der Waals surface area contributed by atoms with Gasteiger partial charge in [0.05, 0.1) is 56.7 Å². The summed E-state index contributed by atoms with van der Waals surface area (Å²) in [6.07, 6.45) is 7.66. The van der Waals surface area contributed by atoms with Crippen molar-refractivity contribution >= 4 is 44.8 Å². The van der Waals surface area contributed by atoms with Crippen molar-refractivity contribution in [3.63, 3.8) is 0 Å². The fourth-order valence-electron chi connectivity index (χ4n) is 7.05. The van der Waals surface area contributed by atoms with E-state index in [4.69, 9.17) is 32.3 Å². The van der Waals surface area contributed by atoms with Crippen molar-refractivity contribution in [3.05, 3.63) is 83.0 Å². The standard InChI is InChI=1S/C37H45B2N11O3/c1-5-28-33-24(17-42-50(33)22-18-49(19-22)37(38,39)29-11-7-10-26(45-29)36(53)47(2)3)23-8-6-9-25(32(23)48(28)4)44-27(31(41)35(52)43-21-14-15-21)16-30(40)46-34(51)20-12-13-20/h6-11,16-17,20-22,28,44H,5,12-15,18-19,40-41H2,1-4H3,(H,43,52)(H,46,51)/b30-16+,31-27+/t28-/m0/s1. The highest BCUT2D eigenvalue weighted by atomic mass is 16.2. The number of para-hydroxylation sites is 1. The van der Waals surface area contributed by atoms with Gasteiger partial charge in [0.1, 0.15) is 17.2 Å². The summed E-state index contributed by atoms with van der Waals surface area (Å²) in [5, 5.41) is 12.6. The molecule has 0 spiro atoms. The second-order valence-electron chi connectivity index (χ2n) is 14.7. The maximum atomic E-state index is 13.1. The van der Waals surface area contributed by atoms with E-state index >= 15 is 0 Å². The SMILES string of the molecule is [B]C([B])(c1cccc(C(=O)N(C)C)n1)N1CC(n2ncc3c2[C@H](CC)N(C)c2c(NC(/C=C(\N)NC(=O)C4CC4)=C(/N)C(=O)NC4CC4)cccc2-3)C1. The van der Waals surface area contributed by atoms with Gasteiger partial charge < -0.3 is 42.1 Å².